The second kappa shape index (κ2) is 12.8. The van der Waals surface area contributed by atoms with Crippen molar-refractivity contribution < 1.29 is 18.7 Å². The van der Waals surface area contributed by atoms with Gasteiger partial charge in [-0.1, -0.05) is 67.1 Å². The van der Waals surface area contributed by atoms with Gasteiger partial charge in [-0.3, -0.25) is 9.59 Å². The summed E-state index contributed by atoms with van der Waals surface area (Å²) in [7, 11) is 0. The zero-order valence-corrected chi connectivity index (χ0v) is 19.8. The number of carbonyl (C=O) groups excluding carboxylic acids is 2. The zero-order valence-electron chi connectivity index (χ0n) is 19.0. The van der Waals surface area contributed by atoms with Gasteiger partial charge in [0.25, 0.3) is 5.91 Å². The molecule has 0 aliphatic rings. The first-order valence-corrected chi connectivity index (χ1v) is 11.6. The highest BCUT2D eigenvalue weighted by molar-refractivity contribution is 6.31. The highest BCUT2D eigenvalue weighted by atomic mass is 35.5. The van der Waals surface area contributed by atoms with E-state index in [-0.39, 0.29) is 25.0 Å². The molecule has 3 aromatic carbocycles. The topological polar surface area (TPSA) is 58.6 Å². The lowest BCUT2D eigenvalue weighted by atomic mass is 10.0. The lowest BCUT2D eigenvalue weighted by molar-refractivity contribution is -0.142. The number of halogens is 2. The van der Waals surface area contributed by atoms with Crippen molar-refractivity contribution in [1.29, 1.82) is 0 Å². The van der Waals surface area contributed by atoms with Gasteiger partial charge >= 0.3 is 0 Å². The molecule has 2 amide bonds. The Morgan fingerprint density at radius 2 is 1.68 bits per heavy atom. The summed E-state index contributed by atoms with van der Waals surface area (Å²) in [6.07, 6.45) is 1.11. The van der Waals surface area contributed by atoms with Crippen LogP contribution >= 0.6 is 11.6 Å². The molecule has 178 valence electrons. The molecule has 3 rings (SSSR count). The van der Waals surface area contributed by atoms with Crippen LogP contribution in [0.4, 0.5) is 4.39 Å². The summed E-state index contributed by atoms with van der Waals surface area (Å²) >= 11 is 6.38. The second-order valence-electron chi connectivity index (χ2n) is 7.85. The maximum Gasteiger partial charge on any atom is 0.261 e. The molecule has 0 spiro atoms. The fourth-order valence-corrected chi connectivity index (χ4v) is 3.68. The summed E-state index contributed by atoms with van der Waals surface area (Å²) in [5.74, 6) is -0.651. The molecular formula is C27H28ClFN2O3. The predicted molar refractivity (Wildman–Crippen MR) is 131 cm³/mol. The van der Waals surface area contributed by atoms with E-state index in [0.717, 1.165) is 17.5 Å². The van der Waals surface area contributed by atoms with Crippen molar-refractivity contribution >= 4 is 23.4 Å². The predicted octanol–water partition coefficient (Wildman–Crippen LogP) is 5.02. The van der Waals surface area contributed by atoms with E-state index in [9.17, 15) is 14.0 Å². The van der Waals surface area contributed by atoms with Gasteiger partial charge in [-0.25, -0.2) is 4.39 Å². The Bertz CT molecular complexity index is 1080. The molecular weight excluding hydrogens is 455 g/mol. The molecule has 1 N–H and O–H groups in total. The minimum Gasteiger partial charge on any atom is -0.484 e. The molecule has 0 radical (unpaired) electrons. The monoisotopic (exact) mass is 482 g/mol. The van der Waals surface area contributed by atoms with E-state index in [1.54, 1.807) is 6.07 Å². The Hall–Kier alpha value is -3.38. The van der Waals surface area contributed by atoms with Gasteiger partial charge in [0.2, 0.25) is 5.91 Å². The molecule has 0 heterocycles. The molecule has 5 nitrogen and oxygen atoms in total. The van der Waals surface area contributed by atoms with Gasteiger partial charge in [-0.2, -0.15) is 0 Å². The van der Waals surface area contributed by atoms with E-state index in [0.29, 0.717) is 23.7 Å². The molecule has 7 heteroatoms. The average molecular weight is 483 g/mol. The number of hydrogen-bond donors (Lipinski definition) is 1. The Labute approximate surface area is 204 Å². The van der Waals surface area contributed by atoms with Crippen molar-refractivity contribution in [3.05, 3.63) is 101 Å². The summed E-state index contributed by atoms with van der Waals surface area (Å²) in [4.78, 5) is 28.1. The van der Waals surface area contributed by atoms with Crippen LogP contribution in [0.1, 0.15) is 24.5 Å². The van der Waals surface area contributed by atoms with Gasteiger partial charge in [0, 0.05) is 24.5 Å². The maximum absolute atomic E-state index is 13.4. The van der Waals surface area contributed by atoms with Crippen molar-refractivity contribution in [3.63, 3.8) is 0 Å². The number of nitrogens with zero attached hydrogens (tertiary/aromatic N) is 1. The fraction of sp³-hybridized carbons (Fsp3) is 0.259. The van der Waals surface area contributed by atoms with Crippen molar-refractivity contribution in [2.45, 2.75) is 32.4 Å². The van der Waals surface area contributed by atoms with E-state index < -0.39 is 11.9 Å². The maximum atomic E-state index is 13.4. The normalized spacial score (nSPS) is 11.5. The third-order valence-electron chi connectivity index (χ3n) is 5.29. The van der Waals surface area contributed by atoms with E-state index in [1.807, 2.05) is 55.5 Å². The molecule has 0 aromatic heterocycles. The molecule has 0 aliphatic heterocycles. The van der Waals surface area contributed by atoms with Crippen molar-refractivity contribution in [1.82, 2.24) is 10.2 Å². The van der Waals surface area contributed by atoms with Gasteiger partial charge in [-0.15, -0.1) is 0 Å². The first-order chi connectivity index (χ1) is 16.5. The van der Waals surface area contributed by atoms with Crippen molar-refractivity contribution in [2.75, 3.05) is 13.2 Å². The highest BCUT2D eigenvalue weighted by Crippen LogP contribution is 2.21. The Morgan fingerprint density at radius 3 is 2.35 bits per heavy atom. The van der Waals surface area contributed by atoms with Crippen LogP contribution in [0.2, 0.25) is 5.02 Å². The standard InChI is InChI=1S/C27H28ClFN2O3/c1-2-16-30-27(33)25(17-20-8-4-3-5-9-20)31(18-21-10-6-7-11-24(21)28)26(32)19-34-23-14-12-22(29)13-15-23/h3-15,25H,2,16-19H2,1H3,(H,30,33). The molecule has 1 unspecified atom stereocenters. The van der Waals surface area contributed by atoms with Gasteiger partial charge in [0.15, 0.2) is 6.61 Å². The van der Waals surface area contributed by atoms with E-state index in [2.05, 4.69) is 5.32 Å². The van der Waals surface area contributed by atoms with Crippen LogP contribution in [-0.4, -0.2) is 35.9 Å². The van der Waals surface area contributed by atoms with Crippen LogP contribution < -0.4 is 10.1 Å². The van der Waals surface area contributed by atoms with E-state index in [4.69, 9.17) is 16.3 Å². The Balaban J connectivity index is 1.89. The lowest BCUT2D eigenvalue weighted by Gasteiger charge is -2.31. The number of rotatable bonds is 11. The highest BCUT2D eigenvalue weighted by Gasteiger charge is 2.31. The number of amides is 2. The van der Waals surface area contributed by atoms with Gasteiger partial charge in [-0.05, 0) is 47.9 Å². The quantitative estimate of drug-likeness (QED) is 0.417. The summed E-state index contributed by atoms with van der Waals surface area (Å²) in [6.45, 7) is 2.31. The summed E-state index contributed by atoms with van der Waals surface area (Å²) in [6, 6.07) is 21.4. The smallest absolute Gasteiger partial charge is 0.261 e. The summed E-state index contributed by atoms with van der Waals surface area (Å²) in [5.41, 5.74) is 1.65. The van der Waals surface area contributed by atoms with E-state index >= 15 is 0 Å². The molecule has 0 bridgehead atoms. The zero-order chi connectivity index (χ0) is 24.3. The Morgan fingerprint density at radius 1 is 1.00 bits per heavy atom. The molecule has 1 atom stereocenters. The molecule has 0 saturated heterocycles. The lowest BCUT2D eigenvalue weighted by Crippen LogP contribution is -2.51. The largest absolute Gasteiger partial charge is 0.484 e. The van der Waals surface area contributed by atoms with Crippen LogP contribution in [0.15, 0.2) is 78.9 Å². The van der Waals surface area contributed by atoms with Crippen LogP contribution in [0, 0.1) is 5.82 Å². The molecule has 3 aromatic rings. The third-order valence-corrected chi connectivity index (χ3v) is 5.66. The van der Waals surface area contributed by atoms with E-state index in [1.165, 1.54) is 29.2 Å². The number of ether oxygens (including phenoxy) is 1. The number of benzene rings is 3. The van der Waals surface area contributed by atoms with Gasteiger partial charge < -0.3 is 15.0 Å². The third kappa shape index (κ3) is 7.32. The van der Waals surface area contributed by atoms with Gasteiger partial charge in [0.1, 0.15) is 17.6 Å². The van der Waals surface area contributed by atoms with Crippen LogP contribution in [0.3, 0.4) is 0 Å². The minimum absolute atomic E-state index is 0.141. The molecule has 34 heavy (non-hydrogen) atoms. The summed E-state index contributed by atoms with van der Waals surface area (Å²) < 4.78 is 18.8. The second-order valence-corrected chi connectivity index (χ2v) is 8.26. The molecule has 0 fully saturated rings. The summed E-state index contributed by atoms with van der Waals surface area (Å²) in [5, 5.41) is 3.43. The number of carbonyl (C=O) groups is 2. The van der Waals surface area contributed by atoms with Crippen molar-refractivity contribution in [2.24, 2.45) is 0 Å². The first kappa shape index (κ1) is 25.2. The number of nitrogens with one attached hydrogen (secondary N) is 1. The Kier molecular flexibility index (Phi) is 9.47. The van der Waals surface area contributed by atoms with Crippen molar-refractivity contribution in [3.8, 4) is 5.75 Å². The average Bonchev–Trinajstić information content (AvgIpc) is 2.85. The molecule has 0 aliphatic carbocycles. The molecule has 0 saturated carbocycles. The first-order valence-electron chi connectivity index (χ1n) is 11.2. The number of hydrogen-bond acceptors (Lipinski definition) is 3. The van der Waals surface area contributed by atoms with Gasteiger partial charge in [0.05, 0.1) is 0 Å². The van der Waals surface area contributed by atoms with Crippen LogP contribution in [0.25, 0.3) is 0 Å². The fourth-order valence-electron chi connectivity index (χ4n) is 3.49. The SMILES string of the molecule is CCCNC(=O)C(Cc1ccccc1)N(Cc1ccccc1Cl)C(=O)COc1ccc(F)cc1. The van der Waals surface area contributed by atoms with Crippen LogP contribution in [0.5, 0.6) is 5.75 Å². The minimum atomic E-state index is -0.769. The van der Waals surface area contributed by atoms with Crippen LogP contribution in [-0.2, 0) is 22.6 Å².